The molecule has 1 saturated heterocycles. The number of hydrogen-bond acceptors (Lipinski definition) is 3. The van der Waals surface area contributed by atoms with Gasteiger partial charge >= 0.3 is 0 Å². The van der Waals surface area contributed by atoms with Crippen LogP contribution in [-0.2, 0) is 0 Å². The molecule has 0 bridgehead atoms. The molecule has 0 amide bonds. The van der Waals surface area contributed by atoms with Gasteiger partial charge in [0.05, 0.1) is 12.1 Å². The Morgan fingerprint density at radius 1 is 1.40 bits per heavy atom. The van der Waals surface area contributed by atoms with Crippen molar-refractivity contribution in [1.82, 2.24) is 9.80 Å². The van der Waals surface area contributed by atoms with Crippen molar-refractivity contribution in [3.8, 4) is 6.07 Å². The molecule has 0 radical (unpaired) electrons. The van der Waals surface area contributed by atoms with Gasteiger partial charge in [0, 0.05) is 19.1 Å². The highest BCUT2D eigenvalue weighted by molar-refractivity contribution is 4.94. The van der Waals surface area contributed by atoms with Crippen molar-refractivity contribution in [3.05, 3.63) is 0 Å². The second kappa shape index (κ2) is 6.09. The van der Waals surface area contributed by atoms with E-state index in [9.17, 15) is 0 Å². The lowest BCUT2D eigenvalue weighted by Gasteiger charge is -2.33. The quantitative estimate of drug-likeness (QED) is 0.709. The van der Waals surface area contributed by atoms with Crippen LogP contribution in [0.1, 0.15) is 33.1 Å². The van der Waals surface area contributed by atoms with Crippen LogP contribution in [0, 0.1) is 11.3 Å². The van der Waals surface area contributed by atoms with E-state index in [0.29, 0.717) is 6.04 Å². The van der Waals surface area contributed by atoms with Crippen LogP contribution in [0.4, 0.5) is 0 Å². The third-order valence-corrected chi connectivity index (χ3v) is 3.35. The van der Waals surface area contributed by atoms with Crippen molar-refractivity contribution in [2.24, 2.45) is 0 Å². The predicted octanol–water partition coefficient (Wildman–Crippen LogP) is 1.70. The molecule has 0 aliphatic carbocycles. The molecule has 1 heterocycles. The average Bonchev–Trinajstić information content (AvgIpc) is 2.42. The Bertz CT molecular complexity index is 221. The molecule has 2 atom stereocenters. The monoisotopic (exact) mass is 209 g/mol. The first-order valence-corrected chi connectivity index (χ1v) is 6.06. The molecule has 1 aliphatic heterocycles. The second-order valence-electron chi connectivity index (χ2n) is 4.47. The van der Waals surface area contributed by atoms with Crippen LogP contribution in [0.5, 0.6) is 0 Å². The topological polar surface area (TPSA) is 30.3 Å². The van der Waals surface area contributed by atoms with Gasteiger partial charge in [-0.05, 0) is 32.9 Å². The zero-order valence-electron chi connectivity index (χ0n) is 10.2. The summed E-state index contributed by atoms with van der Waals surface area (Å²) in [5.74, 6) is 0. The van der Waals surface area contributed by atoms with Gasteiger partial charge < -0.3 is 4.90 Å². The molecule has 15 heavy (non-hydrogen) atoms. The molecular formula is C12H23N3. The van der Waals surface area contributed by atoms with Crippen LogP contribution in [0.2, 0.25) is 0 Å². The predicted molar refractivity (Wildman–Crippen MR) is 62.6 cm³/mol. The minimum absolute atomic E-state index is 0.112. The maximum Gasteiger partial charge on any atom is 0.0978 e. The minimum atomic E-state index is 0.112. The number of nitrogens with zero attached hydrogens (tertiary/aromatic N) is 3. The molecule has 0 aromatic carbocycles. The van der Waals surface area contributed by atoms with Crippen LogP contribution in [0.25, 0.3) is 0 Å². The molecule has 3 heteroatoms. The van der Waals surface area contributed by atoms with Crippen LogP contribution in [-0.4, -0.2) is 48.6 Å². The lowest BCUT2D eigenvalue weighted by molar-refractivity contribution is 0.152. The van der Waals surface area contributed by atoms with Gasteiger partial charge in [-0.2, -0.15) is 5.26 Å². The van der Waals surface area contributed by atoms with E-state index in [1.165, 1.54) is 6.42 Å². The second-order valence-corrected chi connectivity index (χ2v) is 4.47. The summed E-state index contributed by atoms with van der Waals surface area (Å²) in [6, 6.07) is 3.11. The molecule has 2 unspecified atom stereocenters. The molecular weight excluding hydrogens is 186 g/mol. The number of nitriles is 1. The third-order valence-electron chi connectivity index (χ3n) is 3.35. The maximum absolute atomic E-state index is 9.14. The molecule has 0 saturated carbocycles. The van der Waals surface area contributed by atoms with E-state index in [0.717, 1.165) is 32.5 Å². The van der Waals surface area contributed by atoms with Crippen molar-refractivity contribution in [2.45, 2.75) is 45.2 Å². The summed E-state index contributed by atoms with van der Waals surface area (Å²) in [7, 11) is 2.18. The molecule has 0 aromatic rings. The van der Waals surface area contributed by atoms with Gasteiger partial charge in [0.15, 0.2) is 0 Å². The molecule has 1 rings (SSSR count). The minimum Gasteiger partial charge on any atom is -0.305 e. The summed E-state index contributed by atoms with van der Waals surface area (Å²) in [4.78, 5) is 4.79. The van der Waals surface area contributed by atoms with E-state index in [4.69, 9.17) is 5.26 Å². The van der Waals surface area contributed by atoms with Gasteiger partial charge in [-0.25, -0.2) is 0 Å². The van der Waals surface area contributed by atoms with Crippen molar-refractivity contribution < 1.29 is 0 Å². The molecule has 0 aromatic heterocycles. The van der Waals surface area contributed by atoms with E-state index in [2.05, 4.69) is 36.8 Å². The third kappa shape index (κ3) is 3.19. The first-order chi connectivity index (χ1) is 7.22. The van der Waals surface area contributed by atoms with Crippen LogP contribution >= 0.6 is 0 Å². The van der Waals surface area contributed by atoms with Gasteiger partial charge in [-0.3, -0.25) is 4.90 Å². The fourth-order valence-electron chi connectivity index (χ4n) is 2.44. The highest BCUT2D eigenvalue weighted by Crippen LogP contribution is 2.16. The van der Waals surface area contributed by atoms with E-state index in [1.54, 1.807) is 0 Å². The van der Waals surface area contributed by atoms with Gasteiger partial charge in [0.1, 0.15) is 0 Å². The van der Waals surface area contributed by atoms with Crippen LogP contribution < -0.4 is 0 Å². The SMILES string of the molecule is CCC(C#N)N1CCCN(C)CC1CC. The lowest BCUT2D eigenvalue weighted by atomic mass is 10.1. The Morgan fingerprint density at radius 3 is 2.67 bits per heavy atom. The fourth-order valence-corrected chi connectivity index (χ4v) is 2.44. The number of likely N-dealkylation sites (N-methyl/N-ethyl adjacent to an activating group) is 1. The summed E-state index contributed by atoms with van der Waals surface area (Å²) in [6.07, 6.45) is 3.27. The summed E-state index contributed by atoms with van der Waals surface area (Å²) in [5, 5.41) is 9.14. The largest absolute Gasteiger partial charge is 0.305 e. The van der Waals surface area contributed by atoms with E-state index in [1.807, 2.05) is 0 Å². The Hall–Kier alpha value is -0.590. The Kier molecular flexibility index (Phi) is 5.07. The zero-order valence-corrected chi connectivity index (χ0v) is 10.2. The molecule has 0 spiro atoms. The first kappa shape index (κ1) is 12.5. The normalized spacial score (nSPS) is 26.9. The Labute approximate surface area is 93.7 Å². The first-order valence-electron chi connectivity index (χ1n) is 6.06. The fraction of sp³-hybridized carbons (Fsp3) is 0.917. The van der Waals surface area contributed by atoms with Gasteiger partial charge in [0.2, 0.25) is 0 Å². The van der Waals surface area contributed by atoms with E-state index < -0.39 is 0 Å². The maximum atomic E-state index is 9.14. The Morgan fingerprint density at radius 2 is 2.13 bits per heavy atom. The number of rotatable bonds is 3. The highest BCUT2D eigenvalue weighted by Gasteiger charge is 2.26. The molecule has 86 valence electrons. The Balaban J connectivity index is 2.70. The van der Waals surface area contributed by atoms with Gasteiger partial charge in [-0.1, -0.05) is 13.8 Å². The summed E-state index contributed by atoms with van der Waals surface area (Å²) >= 11 is 0. The number of hydrogen-bond donors (Lipinski definition) is 0. The lowest BCUT2D eigenvalue weighted by Crippen LogP contribution is -2.45. The van der Waals surface area contributed by atoms with Gasteiger partial charge in [0.25, 0.3) is 0 Å². The van der Waals surface area contributed by atoms with Gasteiger partial charge in [-0.15, -0.1) is 0 Å². The summed E-state index contributed by atoms with van der Waals surface area (Å²) in [6.45, 7) is 7.68. The van der Waals surface area contributed by atoms with E-state index >= 15 is 0 Å². The summed E-state index contributed by atoms with van der Waals surface area (Å²) < 4.78 is 0. The van der Waals surface area contributed by atoms with E-state index in [-0.39, 0.29) is 6.04 Å². The molecule has 1 aliphatic rings. The standard InChI is InChI=1S/C12H23N3/c1-4-11(9-13)15-8-6-7-14(3)10-12(15)5-2/h11-12H,4-8,10H2,1-3H3. The molecule has 3 nitrogen and oxygen atoms in total. The van der Waals surface area contributed by atoms with Crippen molar-refractivity contribution >= 4 is 0 Å². The zero-order chi connectivity index (χ0) is 11.3. The smallest absolute Gasteiger partial charge is 0.0978 e. The highest BCUT2D eigenvalue weighted by atomic mass is 15.2. The molecule has 0 N–H and O–H groups in total. The van der Waals surface area contributed by atoms with Crippen LogP contribution in [0.15, 0.2) is 0 Å². The average molecular weight is 209 g/mol. The van der Waals surface area contributed by atoms with Crippen LogP contribution in [0.3, 0.4) is 0 Å². The van der Waals surface area contributed by atoms with Crippen molar-refractivity contribution in [2.75, 3.05) is 26.7 Å². The van der Waals surface area contributed by atoms with Crippen molar-refractivity contribution in [1.29, 1.82) is 5.26 Å². The summed E-state index contributed by atoms with van der Waals surface area (Å²) in [5.41, 5.74) is 0. The molecule has 1 fully saturated rings. The van der Waals surface area contributed by atoms with Crippen molar-refractivity contribution in [3.63, 3.8) is 0 Å².